The van der Waals surface area contributed by atoms with Crippen LogP contribution in [0.5, 0.6) is 0 Å². The van der Waals surface area contributed by atoms with Gasteiger partial charge < -0.3 is 10.8 Å². The molecular formula is C11H15NO2. The Balaban J connectivity index is 2.80. The van der Waals surface area contributed by atoms with Crippen molar-refractivity contribution in [3.8, 4) is 0 Å². The quantitative estimate of drug-likeness (QED) is 0.759. The van der Waals surface area contributed by atoms with Crippen LogP contribution >= 0.6 is 0 Å². The molecule has 0 bridgehead atoms. The first kappa shape index (κ1) is 10.7. The largest absolute Gasteiger partial charge is 0.481 e. The zero-order chi connectivity index (χ0) is 10.6. The van der Waals surface area contributed by atoms with Gasteiger partial charge in [-0.05, 0) is 17.5 Å². The molecule has 0 aliphatic carbocycles. The molecular weight excluding hydrogens is 178 g/mol. The summed E-state index contributed by atoms with van der Waals surface area (Å²) in [5.74, 6) is -1.13. The van der Waals surface area contributed by atoms with Crippen LogP contribution in [0.3, 0.4) is 0 Å². The summed E-state index contributed by atoms with van der Waals surface area (Å²) in [6.45, 7) is 2.16. The molecule has 0 radical (unpaired) electrons. The molecule has 14 heavy (non-hydrogen) atoms. The predicted molar refractivity (Wildman–Crippen MR) is 54.8 cm³/mol. The van der Waals surface area contributed by atoms with Crippen LogP contribution in [0.15, 0.2) is 24.3 Å². The molecule has 0 saturated carbocycles. The van der Waals surface area contributed by atoms with E-state index in [-0.39, 0.29) is 5.92 Å². The number of carboxylic acids is 1. The summed E-state index contributed by atoms with van der Waals surface area (Å²) in [6, 6.07) is 7.69. The molecule has 1 aromatic rings. The van der Waals surface area contributed by atoms with Gasteiger partial charge in [0.25, 0.3) is 0 Å². The zero-order valence-electron chi connectivity index (χ0n) is 8.23. The second kappa shape index (κ2) is 4.77. The van der Waals surface area contributed by atoms with Gasteiger partial charge in [0.05, 0.1) is 5.92 Å². The van der Waals surface area contributed by atoms with Crippen molar-refractivity contribution in [3.63, 3.8) is 0 Å². The molecule has 0 amide bonds. The average Bonchev–Trinajstić information content (AvgIpc) is 2.18. The van der Waals surface area contributed by atoms with Gasteiger partial charge in [-0.2, -0.15) is 0 Å². The van der Waals surface area contributed by atoms with Crippen LogP contribution in [0.4, 0.5) is 0 Å². The van der Waals surface area contributed by atoms with Crippen LogP contribution in [-0.2, 0) is 17.8 Å². The van der Waals surface area contributed by atoms with E-state index in [0.717, 1.165) is 11.1 Å². The highest BCUT2D eigenvalue weighted by atomic mass is 16.4. The number of hydrogen-bond donors (Lipinski definition) is 2. The predicted octanol–water partition coefficient (Wildman–Crippen LogP) is 1.41. The summed E-state index contributed by atoms with van der Waals surface area (Å²) in [4.78, 5) is 10.7. The minimum absolute atomic E-state index is 0.359. The lowest BCUT2D eigenvalue weighted by molar-refractivity contribution is -0.141. The minimum Gasteiger partial charge on any atom is -0.481 e. The number of carbonyl (C=O) groups is 1. The van der Waals surface area contributed by atoms with Crippen molar-refractivity contribution in [2.24, 2.45) is 11.7 Å². The number of aliphatic carboxylic acids is 1. The number of benzene rings is 1. The van der Waals surface area contributed by atoms with Crippen LogP contribution in [0, 0.1) is 5.92 Å². The Hall–Kier alpha value is -1.35. The Morgan fingerprint density at radius 3 is 2.50 bits per heavy atom. The average molecular weight is 193 g/mol. The number of carboxylic acid groups (broad SMARTS) is 1. The topological polar surface area (TPSA) is 63.3 Å². The van der Waals surface area contributed by atoms with Crippen LogP contribution < -0.4 is 5.73 Å². The molecule has 1 unspecified atom stereocenters. The van der Waals surface area contributed by atoms with Crippen LogP contribution in [0.2, 0.25) is 0 Å². The monoisotopic (exact) mass is 193 g/mol. The first-order valence-electron chi connectivity index (χ1n) is 4.64. The maximum atomic E-state index is 10.7. The third kappa shape index (κ3) is 2.57. The lowest BCUT2D eigenvalue weighted by Crippen LogP contribution is -2.14. The highest BCUT2D eigenvalue weighted by Gasteiger charge is 2.12. The summed E-state index contributed by atoms with van der Waals surface area (Å²) in [5, 5.41) is 8.78. The lowest BCUT2D eigenvalue weighted by atomic mass is 9.97. The second-order valence-corrected chi connectivity index (χ2v) is 3.42. The van der Waals surface area contributed by atoms with E-state index in [0.29, 0.717) is 13.0 Å². The fourth-order valence-corrected chi connectivity index (χ4v) is 1.37. The van der Waals surface area contributed by atoms with E-state index in [4.69, 9.17) is 10.8 Å². The summed E-state index contributed by atoms with van der Waals surface area (Å²) >= 11 is 0. The van der Waals surface area contributed by atoms with Crippen molar-refractivity contribution in [1.82, 2.24) is 0 Å². The molecule has 0 aliphatic rings. The molecule has 0 spiro atoms. The Morgan fingerprint density at radius 2 is 2.00 bits per heavy atom. The second-order valence-electron chi connectivity index (χ2n) is 3.42. The summed E-state index contributed by atoms with van der Waals surface area (Å²) in [5.41, 5.74) is 7.62. The van der Waals surface area contributed by atoms with Gasteiger partial charge in [-0.3, -0.25) is 4.79 Å². The number of rotatable bonds is 4. The van der Waals surface area contributed by atoms with Gasteiger partial charge in [-0.15, -0.1) is 0 Å². The lowest BCUT2D eigenvalue weighted by Gasteiger charge is -2.09. The highest BCUT2D eigenvalue weighted by Crippen LogP contribution is 2.13. The summed E-state index contributed by atoms with van der Waals surface area (Å²) in [6.07, 6.45) is 0.544. The van der Waals surface area contributed by atoms with Gasteiger partial charge in [0.2, 0.25) is 0 Å². The van der Waals surface area contributed by atoms with Crippen LogP contribution in [-0.4, -0.2) is 11.1 Å². The Kier molecular flexibility index (Phi) is 3.65. The molecule has 1 rings (SSSR count). The molecule has 0 fully saturated rings. The molecule has 0 aromatic heterocycles. The van der Waals surface area contributed by atoms with E-state index in [1.54, 1.807) is 6.92 Å². The van der Waals surface area contributed by atoms with E-state index >= 15 is 0 Å². The smallest absolute Gasteiger partial charge is 0.306 e. The first-order chi connectivity index (χ1) is 6.65. The summed E-state index contributed by atoms with van der Waals surface area (Å²) in [7, 11) is 0. The highest BCUT2D eigenvalue weighted by molar-refractivity contribution is 5.70. The van der Waals surface area contributed by atoms with Crippen molar-refractivity contribution in [1.29, 1.82) is 0 Å². The molecule has 0 saturated heterocycles. The van der Waals surface area contributed by atoms with Crippen molar-refractivity contribution in [2.75, 3.05) is 0 Å². The van der Waals surface area contributed by atoms with E-state index in [1.807, 2.05) is 24.3 Å². The Morgan fingerprint density at radius 1 is 1.43 bits per heavy atom. The normalized spacial score (nSPS) is 12.4. The van der Waals surface area contributed by atoms with E-state index < -0.39 is 5.97 Å². The van der Waals surface area contributed by atoms with Gasteiger partial charge in [-0.1, -0.05) is 31.2 Å². The third-order valence-electron chi connectivity index (χ3n) is 2.29. The number of hydrogen-bond acceptors (Lipinski definition) is 2. The molecule has 76 valence electrons. The van der Waals surface area contributed by atoms with Crippen molar-refractivity contribution < 1.29 is 9.90 Å². The molecule has 1 atom stereocenters. The Bertz CT molecular complexity index is 323. The standard InChI is InChI=1S/C11H15NO2/c1-8(11(13)14)6-9-4-2-3-5-10(9)7-12/h2-5,8H,6-7,12H2,1H3,(H,13,14). The molecule has 3 heteroatoms. The summed E-state index contributed by atoms with van der Waals surface area (Å²) < 4.78 is 0. The molecule has 0 aliphatic heterocycles. The molecule has 3 N–H and O–H groups in total. The van der Waals surface area contributed by atoms with Crippen molar-refractivity contribution in [2.45, 2.75) is 19.9 Å². The van der Waals surface area contributed by atoms with Crippen LogP contribution in [0.1, 0.15) is 18.1 Å². The van der Waals surface area contributed by atoms with Crippen molar-refractivity contribution in [3.05, 3.63) is 35.4 Å². The molecule has 0 heterocycles. The van der Waals surface area contributed by atoms with Gasteiger partial charge in [0.1, 0.15) is 0 Å². The SMILES string of the molecule is CC(Cc1ccccc1CN)C(=O)O. The fraction of sp³-hybridized carbons (Fsp3) is 0.364. The van der Waals surface area contributed by atoms with Gasteiger partial charge >= 0.3 is 5.97 Å². The zero-order valence-corrected chi connectivity index (χ0v) is 8.23. The van der Waals surface area contributed by atoms with Gasteiger partial charge in [0, 0.05) is 6.54 Å². The fourth-order valence-electron chi connectivity index (χ4n) is 1.37. The molecule has 3 nitrogen and oxygen atoms in total. The number of nitrogens with two attached hydrogens (primary N) is 1. The first-order valence-corrected chi connectivity index (χ1v) is 4.64. The van der Waals surface area contributed by atoms with Crippen LogP contribution in [0.25, 0.3) is 0 Å². The van der Waals surface area contributed by atoms with E-state index in [1.165, 1.54) is 0 Å². The maximum absolute atomic E-state index is 10.7. The van der Waals surface area contributed by atoms with Crippen molar-refractivity contribution >= 4 is 5.97 Å². The maximum Gasteiger partial charge on any atom is 0.306 e. The Labute approximate surface area is 83.6 Å². The molecule has 1 aromatic carbocycles. The van der Waals surface area contributed by atoms with Gasteiger partial charge in [-0.25, -0.2) is 0 Å². The minimum atomic E-state index is -0.767. The third-order valence-corrected chi connectivity index (χ3v) is 2.29. The van der Waals surface area contributed by atoms with E-state index in [2.05, 4.69) is 0 Å². The van der Waals surface area contributed by atoms with E-state index in [9.17, 15) is 4.79 Å². The van der Waals surface area contributed by atoms with Gasteiger partial charge in [0.15, 0.2) is 0 Å².